The molecule has 1 aliphatic rings. The third-order valence-electron chi connectivity index (χ3n) is 3.53. The van der Waals surface area contributed by atoms with Crippen molar-refractivity contribution in [1.82, 2.24) is 14.5 Å². The normalized spacial score (nSPS) is 24.5. The molecule has 0 spiro atoms. The lowest BCUT2D eigenvalue weighted by molar-refractivity contribution is 0.106. The molecule has 2 atom stereocenters. The molecule has 2 aromatic heterocycles. The molecule has 1 saturated carbocycles. The van der Waals surface area contributed by atoms with Gasteiger partial charge in [0, 0.05) is 19.3 Å². The van der Waals surface area contributed by atoms with Gasteiger partial charge in [0.15, 0.2) is 10.4 Å². The molecule has 4 nitrogen and oxygen atoms in total. The molecule has 0 radical (unpaired) electrons. The van der Waals surface area contributed by atoms with E-state index >= 15 is 0 Å². The number of hydrogen-bond donors (Lipinski definition) is 1. The molecule has 1 fully saturated rings. The first-order valence-corrected chi connectivity index (χ1v) is 6.28. The lowest BCUT2D eigenvalue weighted by Gasteiger charge is -2.12. The molecule has 2 unspecified atom stereocenters. The standard InChI is InChI=1S/C12H15N3OS/c1-16-9-5-4-8(7-9)15-11-10(14-12(15)17)3-2-6-13-11/h2-3,6,8-9H,4-5,7H2,1H3,(H,14,17). The number of fused-ring (bicyclic) bond motifs is 1. The number of methoxy groups -OCH3 is 1. The van der Waals surface area contributed by atoms with Crippen molar-refractivity contribution in [3.8, 4) is 0 Å². The first kappa shape index (κ1) is 10.9. The number of ether oxygens (including phenoxy) is 1. The van der Waals surface area contributed by atoms with Gasteiger partial charge in [-0.3, -0.25) is 4.57 Å². The minimum Gasteiger partial charge on any atom is -0.381 e. The molecule has 0 aliphatic heterocycles. The van der Waals surface area contributed by atoms with Gasteiger partial charge < -0.3 is 9.72 Å². The second-order valence-electron chi connectivity index (χ2n) is 4.50. The van der Waals surface area contributed by atoms with E-state index in [1.807, 2.05) is 18.3 Å². The molecule has 1 N–H and O–H groups in total. The van der Waals surface area contributed by atoms with Crippen molar-refractivity contribution in [2.24, 2.45) is 0 Å². The molecule has 1 aliphatic carbocycles. The molecular weight excluding hydrogens is 234 g/mol. The van der Waals surface area contributed by atoms with Crippen LogP contribution in [-0.4, -0.2) is 27.7 Å². The number of H-pyrrole nitrogens is 1. The number of aromatic amines is 1. The number of imidazole rings is 1. The van der Waals surface area contributed by atoms with E-state index in [9.17, 15) is 0 Å². The smallest absolute Gasteiger partial charge is 0.179 e. The van der Waals surface area contributed by atoms with E-state index in [0.717, 1.165) is 35.2 Å². The quantitative estimate of drug-likeness (QED) is 0.832. The van der Waals surface area contributed by atoms with Gasteiger partial charge >= 0.3 is 0 Å². The number of nitrogens with one attached hydrogen (secondary N) is 1. The second kappa shape index (κ2) is 4.23. The maximum atomic E-state index is 5.41. The van der Waals surface area contributed by atoms with E-state index in [0.29, 0.717) is 12.1 Å². The van der Waals surface area contributed by atoms with Crippen LogP contribution in [0.1, 0.15) is 25.3 Å². The van der Waals surface area contributed by atoms with Crippen LogP contribution in [0.2, 0.25) is 0 Å². The lowest BCUT2D eigenvalue weighted by Crippen LogP contribution is -2.09. The van der Waals surface area contributed by atoms with Crippen molar-refractivity contribution in [3.63, 3.8) is 0 Å². The topological polar surface area (TPSA) is 42.8 Å². The maximum Gasteiger partial charge on any atom is 0.179 e. The van der Waals surface area contributed by atoms with Crippen molar-refractivity contribution in [2.45, 2.75) is 31.4 Å². The van der Waals surface area contributed by atoms with E-state index in [1.54, 1.807) is 7.11 Å². The number of hydrogen-bond acceptors (Lipinski definition) is 3. The summed E-state index contributed by atoms with van der Waals surface area (Å²) < 4.78 is 8.32. The summed E-state index contributed by atoms with van der Waals surface area (Å²) in [7, 11) is 1.78. The Bertz CT molecular complexity index is 589. The molecule has 2 heterocycles. The maximum absolute atomic E-state index is 5.41. The molecule has 3 rings (SSSR count). The fourth-order valence-corrected chi connectivity index (χ4v) is 3.01. The number of nitrogens with zero attached hydrogens (tertiary/aromatic N) is 2. The summed E-state index contributed by atoms with van der Waals surface area (Å²) in [4.78, 5) is 7.63. The van der Waals surface area contributed by atoms with Crippen LogP contribution in [0.15, 0.2) is 18.3 Å². The van der Waals surface area contributed by atoms with E-state index < -0.39 is 0 Å². The Morgan fingerprint density at radius 3 is 3.18 bits per heavy atom. The molecule has 0 bridgehead atoms. The highest BCUT2D eigenvalue weighted by Gasteiger charge is 2.27. The minimum absolute atomic E-state index is 0.357. The van der Waals surface area contributed by atoms with E-state index in [4.69, 9.17) is 17.0 Å². The van der Waals surface area contributed by atoms with Crippen LogP contribution in [0.5, 0.6) is 0 Å². The molecule has 0 amide bonds. The van der Waals surface area contributed by atoms with Gasteiger partial charge in [-0.05, 0) is 43.6 Å². The van der Waals surface area contributed by atoms with Gasteiger partial charge in [-0.15, -0.1) is 0 Å². The Hall–Kier alpha value is -1.20. The largest absolute Gasteiger partial charge is 0.381 e. The average Bonchev–Trinajstić information content (AvgIpc) is 2.91. The van der Waals surface area contributed by atoms with Crippen LogP contribution in [-0.2, 0) is 4.74 Å². The third kappa shape index (κ3) is 1.79. The van der Waals surface area contributed by atoms with E-state index in [-0.39, 0.29) is 0 Å². The fourth-order valence-electron chi connectivity index (χ4n) is 2.66. The molecule has 5 heteroatoms. The van der Waals surface area contributed by atoms with Crippen LogP contribution >= 0.6 is 12.2 Å². The Morgan fingerprint density at radius 1 is 1.53 bits per heavy atom. The summed E-state index contributed by atoms with van der Waals surface area (Å²) >= 11 is 5.39. The predicted molar refractivity (Wildman–Crippen MR) is 68.6 cm³/mol. The summed E-state index contributed by atoms with van der Waals surface area (Å²) in [6.07, 6.45) is 5.40. The number of aromatic nitrogens is 3. The van der Waals surface area contributed by atoms with Crippen molar-refractivity contribution in [3.05, 3.63) is 23.1 Å². The third-order valence-corrected chi connectivity index (χ3v) is 3.83. The van der Waals surface area contributed by atoms with Gasteiger partial charge in [0.05, 0.1) is 11.6 Å². The summed E-state index contributed by atoms with van der Waals surface area (Å²) in [5.74, 6) is 0. The highest BCUT2D eigenvalue weighted by molar-refractivity contribution is 7.71. The number of rotatable bonds is 2. The SMILES string of the molecule is COC1CCC(n2c(=S)[nH]c3cccnc32)C1. The fraction of sp³-hybridized carbons (Fsp3) is 0.500. The summed E-state index contributed by atoms with van der Waals surface area (Å²) in [6.45, 7) is 0. The van der Waals surface area contributed by atoms with Crippen LogP contribution < -0.4 is 0 Å². The second-order valence-corrected chi connectivity index (χ2v) is 4.89. The molecule has 90 valence electrons. The zero-order valence-corrected chi connectivity index (χ0v) is 10.5. The Kier molecular flexibility index (Phi) is 2.72. The van der Waals surface area contributed by atoms with Crippen molar-refractivity contribution in [1.29, 1.82) is 0 Å². The van der Waals surface area contributed by atoms with Crippen LogP contribution in [0.25, 0.3) is 11.2 Å². The van der Waals surface area contributed by atoms with Gasteiger partial charge in [-0.2, -0.15) is 0 Å². The summed E-state index contributed by atoms with van der Waals surface area (Å²) in [6, 6.07) is 4.35. The van der Waals surface area contributed by atoms with Crippen molar-refractivity contribution in [2.75, 3.05) is 7.11 Å². The lowest BCUT2D eigenvalue weighted by atomic mass is 10.2. The van der Waals surface area contributed by atoms with Crippen LogP contribution in [0.4, 0.5) is 0 Å². The summed E-state index contributed by atoms with van der Waals surface area (Å²) in [5, 5.41) is 0. The molecule has 17 heavy (non-hydrogen) atoms. The van der Waals surface area contributed by atoms with Crippen LogP contribution in [0, 0.1) is 4.77 Å². The first-order valence-electron chi connectivity index (χ1n) is 5.87. The van der Waals surface area contributed by atoms with Gasteiger partial charge in [0.1, 0.15) is 0 Å². The zero-order valence-electron chi connectivity index (χ0n) is 9.72. The monoisotopic (exact) mass is 249 g/mol. The summed E-state index contributed by atoms with van der Waals surface area (Å²) in [5.41, 5.74) is 1.97. The van der Waals surface area contributed by atoms with Gasteiger partial charge in [-0.1, -0.05) is 0 Å². The Labute approximate surface area is 105 Å². The average molecular weight is 249 g/mol. The molecular formula is C12H15N3OS. The van der Waals surface area contributed by atoms with Crippen molar-refractivity contribution < 1.29 is 4.74 Å². The number of pyridine rings is 1. The minimum atomic E-state index is 0.357. The molecule has 0 aromatic carbocycles. The predicted octanol–water partition coefficient (Wildman–Crippen LogP) is 2.83. The van der Waals surface area contributed by atoms with Gasteiger partial charge in [0.2, 0.25) is 0 Å². The van der Waals surface area contributed by atoms with E-state index in [1.165, 1.54) is 0 Å². The first-order chi connectivity index (χ1) is 8.29. The van der Waals surface area contributed by atoms with Gasteiger partial charge in [0.25, 0.3) is 0 Å². The molecule has 2 aromatic rings. The highest BCUT2D eigenvalue weighted by Crippen LogP contribution is 2.33. The Balaban J connectivity index is 2.06. The zero-order chi connectivity index (χ0) is 11.8. The van der Waals surface area contributed by atoms with Gasteiger partial charge in [-0.25, -0.2) is 4.98 Å². The Morgan fingerprint density at radius 2 is 2.41 bits per heavy atom. The van der Waals surface area contributed by atoms with Crippen molar-refractivity contribution >= 4 is 23.4 Å². The highest BCUT2D eigenvalue weighted by atomic mass is 32.1. The molecule has 0 saturated heterocycles. The van der Waals surface area contributed by atoms with E-state index in [2.05, 4.69) is 14.5 Å². The van der Waals surface area contributed by atoms with Crippen LogP contribution in [0.3, 0.4) is 0 Å².